The minimum atomic E-state index is -0.458. The van der Waals surface area contributed by atoms with Crippen LogP contribution >= 0.6 is 0 Å². The van der Waals surface area contributed by atoms with Gasteiger partial charge in [-0.25, -0.2) is 8.78 Å². The SMILES string of the molecule is NCCc1cc(F)ccc1Oc1ccccc1F. The molecule has 0 amide bonds. The van der Waals surface area contributed by atoms with Gasteiger partial charge in [-0.3, -0.25) is 0 Å². The highest BCUT2D eigenvalue weighted by Gasteiger charge is 2.08. The van der Waals surface area contributed by atoms with Crippen molar-refractivity contribution in [2.45, 2.75) is 6.42 Å². The number of ether oxygens (including phenoxy) is 1. The molecule has 2 aromatic carbocycles. The predicted molar refractivity (Wildman–Crippen MR) is 65.6 cm³/mol. The molecule has 94 valence electrons. The van der Waals surface area contributed by atoms with Gasteiger partial charge in [-0.1, -0.05) is 12.1 Å². The van der Waals surface area contributed by atoms with Gasteiger partial charge in [-0.15, -0.1) is 0 Å². The lowest BCUT2D eigenvalue weighted by molar-refractivity contribution is 0.436. The molecule has 0 aliphatic heterocycles. The molecule has 0 atom stereocenters. The molecule has 0 aliphatic rings. The molecule has 0 heterocycles. The van der Waals surface area contributed by atoms with Crippen LogP contribution in [0.1, 0.15) is 5.56 Å². The lowest BCUT2D eigenvalue weighted by Gasteiger charge is -2.11. The quantitative estimate of drug-likeness (QED) is 0.902. The van der Waals surface area contributed by atoms with Gasteiger partial charge in [0, 0.05) is 0 Å². The Hall–Kier alpha value is -1.94. The maximum atomic E-state index is 13.4. The number of hydrogen-bond donors (Lipinski definition) is 1. The van der Waals surface area contributed by atoms with Gasteiger partial charge in [-0.2, -0.15) is 0 Å². The first-order valence-electron chi connectivity index (χ1n) is 5.61. The van der Waals surface area contributed by atoms with E-state index in [1.807, 2.05) is 0 Å². The van der Waals surface area contributed by atoms with E-state index in [-0.39, 0.29) is 11.6 Å². The van der Waals surface area contributed by atoms with Gasteiger partial charge >= 0.3 is 0 Å². The minimum Gasteiger partial charge on any atom is -0.454 e. The molecule has 2 rings (SSSR count). The third kappa shape index (κ3) is 2.84. The summed E-state index contributed by atoms with van der Waals surface area (Å²) in [7, 11) is 0. The van der Waals surface area contributed by atoms with Gasteiger partial charge in [-0.05, 0) is 48.9 Å². The van der Waals surface area contributed by atoms with Crippen LogP contribution in [0.4, 0.5) is 8.78 Å². The van der Waals surface area contributed by atoms with Crippen LogP contribution in [0.25, 0.3) is 0 Å². The zero-order valence-electron chi connectivity index (χ0n) is 9.70. The van der Waals surface area contributed by atoms with Crippen LogP contribution in [0.2, 0.25) is 0 Å². The van der Waals surface area contributed by atoms with Crippen molar-refractivity contribution >= 4 is 0 Å². The third-order valence-corrected chi connectivity index (χ3v) is 2.49. The Bertz CT molecular complexity index is 543. The van der Waals surface area contributed by atoms with Crippen molar-refractivity contribution in [3.8, 4) is 11.5 Å². The Kier molecular flexibility index (Phi) is 3.89. The molecule has 0 fully saturated rings. The molecule has 0 aromatic heterocycles. The number of para-hydroxylation sites is 1. The molecule has 2 N–H and O–H groups in total. The number of rotatable bonds is 4. The van der Waals surface area contributed by atoms with E-state index < -0.39 is 5.82 Å². The van der Waals surface area contributed by atoms with Crippen molar-refractivity contribution in [2.24, 2.45) is 5.73 Å². The van der Waals surface area contributed by atoms with E-state index in [9.17, 15) is 8.78 Å². The molecule has 0 saturated carbocycles. The fourth-order valence-electron chi connectivity index (χ4n) is 1.64. The molecule has 0 aliphatic carbocycles. The van der Waals surface area contributed by atoms with Gasteiger partial charge in [0.1, 0.15) is 11.6 Å². The largest absolute Gasteiger partial charge is 0.454 e. The number of hydrogen-bond acceptors (Lipinski definition) is 2. The van der Waals surface area contributed by atoms with Gasteiger partial charge < -0.3 is 10.5 Å². The van der Waals surface area contributed by atoms with Crippen molar-refractivity contribution in [2.75, 3.05) is 6.54 Å². The van der Waals surface area contributed by atoms with Crippen molar-refractivity contribution in [3.63, 3.8) is 0 Å². The monoisotopic (exact) mass is 249 g/mol. The highest BCUT2D eigenvalue weighted by atomic mass is 19.1. The van der Waals surface area contributed by atoms with E-state index in [1.54, 1.807) is 12.1 Å². The Labute approximate surface area is 104 Å². The van der Waals surface area contributed by atoms with E-state index in [0.717, 1.165) is 0 Å². The summed E-state index contributed by atoms with van der Waals surface area (Å²) in [6.07, 6.45) is 0.474. The van der Waals surface area contributed by atoms with Gasteiger partial charge in [0.05, 0.1) is 0 Å². The molecule has 0 saturated heterocycles. The van der Waals surface area contributed by atoms with Crippen molar-refractivity contribution < 1.29 is 13.5 Å². The standard InChI is InChI=1S/C14H13F2NO/c15-11-5-6-13(10(9-11)7-8-17)18-14-4-2-1-3-12(14)16/h1-6,9H,7-8,17H2. The van der Waals surface area contributed by atoms with Crippen LogP contribution in [0.3, 0.4) is 0 Å². The predicted octanol–water partition coefficient (Wildman–Crippen LogP) is 3.26. The first kappa shape index (κ1) is 12.5. The smallest absolute Gasteiger partial charge is 0.165 e. The Balaban J connectivity index is 2.31. The molecule has 4 heteroatoms. The maximum absolute atomic E-state index is 13.4. The molecule has 0 unspecified atom stereocenters. The van der Waals surface area contributed by atoms with Crippen LogP contribution in [0, 0.1) is 11.6 Å². The average molecular weight is 249 g/mol. The second-order valence-corrected chi connectivity index (χ2v) is 3.82. The first-order valence-corrected chi connectivity index (χ1v) is 5.61. The summed E-state index contributed by atoms with van der Waals surface area (Å²) in [5.41, 5.74) is 6.08. The van der Waals surface area contributed by atoms with Crippen molar-refractivity contribution in [1.82, 2.24) is 0 Å². The zero-order chi connectivity index (χ0) is 13.0. The van der Waals surface area contributed by atoms with E-state index >= 15 is 0 Å². The summed E-state index contributed by atoms with van der Waals surface area (Å²) in [6, 6.07) is 10.2. The molecule has 2 nitrogen and oxygen atoms in total. The normalized spacial score (nSPS) is 10.4. The van der Waals surface area contributed by atoms with E-state index in [0.29, 0.717) is 24.3 Å². The zero-order valence-corrected chi connectivity index (χ0v) is 9.70. The maximum Gasteiger partial charge on any atom is 0.165 e. The summed E-state index contributed by atoms with van der Waals surface area (Å²) < 4.78 is 32.0. The Morgan fingerprint density at radius 1 is 1.00 bits per heavy atom. The van der Waals surface area contributed by atoms with Crippen LogP contribution in [0.15, 0.2) is 42.5 Å². The molecule has 0 spiro atoms. The Morgan fingerprint density at radius 2 is 1.78 bits per heavy atom. The summed E-state index contributed by atoms with van der Waals surface area (Å²) in [6.45, 7) is 0.372. The molecular formula is C14H13F2NO. The summed E-state index contributed by atoms with van der Waals surface area (Å²) in [5.74, 6) is -0.283. The van der Waals surface area contributed by atoms with E-state index in [4.69, 9.17) is 10.5 Å². The molecule has 2 aromatic rings. The summed E-state index contributed by atoms with van der Waals surface area (Å²) in [4.78, 5) is 0. The fourth-order valence-corrected chi connectivity index (χ4v) is 1.64. The van der Waals surface area contributed by atoms with Gasteiger partial charge in [0.15, 0.2) is 11.6 Å². The fraction of sp³-hybridized carbons (Fsp3) is 0.143. The molecule has 18 heavy (non-hydrogen) atoms. The number of benzene rings is 2. The lowest BCUT2D eigenvalue weighted by Crippen LogP contribution is -2.04. The van der Waals surface area contributed by atoms with E-state index in [2.05, 4.69) is 0 Å². The van der Waals surface area contributed by atoms with Gasteiger partial charge in [0.25, 0.3) is 0 Å². The highest BCUT2D eigenvalue weighted by Crippen LogP contribution is 2.28. The molecular weight excluding hydrogens is 236 g/mol. The van der Waals surface area contributed by atoms with Gasteiger partial charge in [0.2, 0.25) is 0 Å². The number of halogens is 2. The topological polar surface area (TPSA) is 35.2 Å². The molecule has 0 bridgehead atoms. The van der Waals surface area contributed by atoms with Crippen molar-refractivity contribution in [1.29, 1.82) is 0 Å². The first-order chi connectivity index (χ1) is 8.70. The minimum absolute atomic E-state index is 0.113. The average Bonchev–Trinajstić information content (AvgIpc) is 2.35. The highest BCUT2D eigenvalue weighted by molar-refractivity contribution is 5.38. The Morgan fingerprint density at radius 3 is 2.50 bits per heavy atom. The summed E-state index contributed by atoms with van der Waals surface area (Å²) in [5, 5.41) is 0. The van der Waals surface area contributed by atoms with Crippen LogP contribution < -0.4 is 10.5 Å². The third-order valence-electron chi connectivity index (χ3n) is 2.49. The van der Waals surface area contributed by atoms with Crippen LogP contribution in [-0.4, -0.2) is 6.54 Å². The summed E-state index contributed by atoms with van der Waals surface area (Å²) >= 11 is 0. The van der Waals surface area contributed by atoms with E-state index in [1.165, 1.54) is 30.3 Å². The molecule has 0 radical (unpaired) electrons. The second-order valence-electron chi connectivity index (χ2n) is 3.82. The van der Waals surface area contributed by atoms with Crippen molar-refractivity contribution in [3.05, 3.63) is 59.7 Å². The lowest BCUT2D eigenvalue weighted by atomic mass is 10.1. The number of nitrogens with two attached hydrogens (primary N) is 1. The van der Waals surface area contributed by atoms with Crippen LogP contribution in [0.5, 0.6) is 11.5 Å². The second kappa shape index (κ2) is 5.60. The van der Waals surface area contributed by atoms with Crippen LogP contribution in [-0.2, 0) is 6.42 Å².